The van der Waals surface area contributed by atoms with Gasteiger partial charge in [-0.2, -0.15) is 0 Å². The molecule has 0 unspecified atom stereocenters. The molecule has 0 saturated heterocycles. The minimum Gasteiger partial charge on any atom is -0.384 e. The van der Waals surface area contributed by atoms with Crippen molar-refractivity contribution in [2.75, 3.05) is 5.73 Å². The lowest BCUT2D eigenvalue weighted by molar-refractivity contribution is -0.129. The van der Waals surface area contributed by atoms with Crippen molar-refractivity contribution in [3.05, 3.63) is 94.2 Å². The summed E-state index contributed by atoms with van der Waals surface area (Å²) in [5.41, 5.74) is 13.4. The van der Waals surface area contributed by atoms with Gasteiger partial charge in [-0.15, -0.1) is 0 Å². The number of ketones is 2. The van der Waals surface area contributed by atoms with Gasteiger partial charge in [-0.25, -0.2) is 4.98 Å². The molecule has 2 aromatic carbocycles. The van der Waals surface area contributed by atoms with Gasteiger partial charge in [-0.1, -0.05) is 67.4 Å². The summed E-state index contributed by atoms with van der Waals surface area (Å²) in [4.78, 5) is 41.0. The van der Waals surface area contributed by atoms with Gasteiger partial charge < -0.3 is 11.1 Å². The van der Waals surface area contributed by atoms with E-state index in [-0.39, 0.29) is 17.6 Å². The Morgan fingerprint density at radius 1 is 0.731 bits per heavy atom. The number of pyridine rings is 1. The quantitative estimate of drug-likeness (QED) is 0.185. The molecule has 1 amide bonds. The van der Waals surface area contributed by atoms with E-state index < -0.39 is 6.04 Å². The van der Waals surface area contributed by atoms with Gasteiger partial charge in [0.1, 0.15) is 11.6 Å². The van der Waals surface area contributed by atoms with Crippen molar-refractivity contribution >= 4 is 23.3 Å². The number of nitrogens with two attached hydrogens (primary N) is 1. The molecule has 52 heavy (non-hydrogen) atoms. The predicted octanol–water partition coefficient (Wildman–Crippen LogP) is 9.41. The normalized spacial score (nSPS) is 23.5. The van der Waals surface area contributed by atoms with Crippen LogP contribution in [-0.4, -0.2) is 28.5 Å². The van der Waals surface area contributed by atoms with Crippen LogP contribution in [-0.2, 0) is 33.6 Å². The molecule has 3 N–H and O–H groups in total. The minimum absolute atomic E-state index is 0.0167. The van der Waals surface area contributed by atoms with Gasteiger partial charge in [-0.05, 0) is 162 Å². The van der Waals surface area contributed by atoms with Crippen LogP contribution >= 0.6 is 0 Å². The summed E-state index contributed by atoms with van der Waals surface area (Å²) in [6, 6.07) is 21.7. The minimum atomic E-state index is -0.461. The first-order valence-electron chi connectivity index (χ1n) is 20.3. The number of nitrogens with one attached hydrogen (secondary N) is 1. The van der Waals surface area contributed by atoms with E-state index >= 15 is 0 Å². The highest BCUT2D eigenvalue weighted by Crippen LogP contribution is 2.39. The number of aryl methyl sites for hydroxylation is 2. The van der Waals surface area contributed by atoms with Crippen LogP contribution in [0.1, 0.15) is 143 Å². The lowest BCUT2D eigenvalue weighted by Crippen LogP contribution is -2.41. The molecule has 0 radical (unpaired) electrons. The average Bonchev–Trinajstić information content (AvgIpc) is 3.75. The van der Waals surface area contributed by atoms with Crippen molar-refractivity contribution in [3.8, 4) is 0 Å². The molecular formula is C46H61N3O3. The molecule has 6 heteroatoms. The molecule has 0 spiro atoms. The molecule has 6 nitrogen and oxygen atoms in total. The van der Waals surface area contributed by atoms with Gasteiger partial charge in [0.15, 0.2) is 5.78 Å². The number of benzene rings is 2. The van der Waals surface area contributed by atoms with Crippen molar-refractivity contribution < 1.29 is 14.4 Å². The van der Waals surface area contributed by atoms with Crippen LogP contribution in [0.3, 0.4) is 0 Å². The maximum Gasteiger partial charge on any atom is 0.223 e. The van der Waals surface area contributed by atoms with Crippen molar-refractivity contribution in [1.82, 2.24) is 10.3 Å². The van der Waals surface area contributed by atoms with Crippen molar-refractivity contribution in [1.29, 1.82) is 0 Å². The van der Waals surface area contributed by atoms with Gasteiger partial charge in [0.2, 0.25) is 5.91 Å². The third-order valence-corrected chi connectivity index (χ3v) is 12.9. The fourth-order valence-corrected chi connectivity index (χ4v) is 8.89. The molecule has 4 aliphatic carbocycles. The topological polar surface area (TPSA) is 102 Å². The Labute approximate surface area is 312 Å². The summed E-state index contributed by atoms with van der Waals surface area (Å²) in [7, 11) is 0. The number of carbonyl (C=O) groups is 3. The second-order valence-corrected chi connectivity index (χ2v) is 16.7. The first-order valence-corrected chi connectivity index (χ1v) is 20.3. The van der Waals surface area contributed by atoms with Gasteiger partial charge in [0, 0.05) is 24.0 Å². The molecular weight excluding hydrogens is 643 g/mol. The standard InChI is InChI=1S/C28H37N3O2.C18H24O/c1-18-22(13-15-27(29)30-18)12-14-26(32)19(2)31-28(33)25-11-8-21(17-25)16-20-6-9-24(10-7-20)23-4-3-5-23;1-13(19)18-10-7-15(12-18)11-14-5-8-17(9-6-14)16-3-2-4-16/h6-7,9-10,13,15,19,21,23,25H,3-5,8,11-12,14,16-17H2,1-2H3,(H2,29,30)(H,31,33);5-6,8-9,15-16,18H,2-4,7,10-12H2,1H3/t19-,21-,25+;15-,18+/m00/s1. The van der Waals surface area contributed by atoms with Crippen molar-refractivity contribution in [2.24, 2.45) is 23.7 Å². The summed E-state index contributed by atoms with van der Waals surface area (Å²) >= 11 is 0. The smallest absolute Gasteiger partial charge is 0.223 e. The second kappa shape index (κ2) is 17.8. The van der Waals surface area contributed by atoms with Crippen LogP contribution in [0, 0.1) is 30.6 Å². The van der Waals surface area contributed by atoms with Crippen molar-refractivity contribution in [2.45, 2.75) is 141 Å². The number of hydrogen-bond acceptors (Lipinski definition) is 5. The number of aromatic nitrogens is 1. The number of anilines is 1. The Morgan fingerprint density at radius 2 is 1.25 bits per heavy atom. The number of Topliss-reactive ketones (excluding diaryl/α,β-unsaturated/α-hetero) is 2. The van der Waals surface area contributed by atoms with Crippen LogP contribution in [0.25, 0.3) is 0 Å². The Kier molecular flexibility index (Phi) is 13.0. The molecule has 5 atom stereocenters. The Morgan fingerprint density at radius 3 is 1.71 bits per heavy atom. The summed E-state index contributed by atoms with van der Waals surface area (Å²) in [5, 5.41) is 2.97. The lowest BCUT2D eigenvalue weighted by atomic mass is 9.80. The zero-order valence-electron chi connectivity index (χ0n) is 31.9. The van der Waals surface area contributed by atoms with Gasteiger partial charge in [0.05, 0.1) is 6.04 Å². The highest BCUT2D eigenvalue weighted by atomic mass is 16.2. The van der Waals surface area contributed by atoms with E-state index in [0.29, 0.717) is 36.3 Å². The van der Waals surface area contributed by atoms with Gasteiger partial charge in [0.25, 0.3) is 0 Å². The number of carbonyl (C=O) groups excluding carboxylic acids is 3. The van der Waals surface area contributed by atoms with Crippen LogP contribution in [0.4, 0.5) is 5.82 Å². The molecule has 4 saturated carbocycles. The molecule has 1 aromatic heterocycles. The zero-order chi connectivity index (χ0) is 36.6. The summed E-state index contributed by atoms with van der Waals surface area (Å²) in [5.74, 6) is 4.21. The molecule has 4 fully saturated rings. The van der Waals surface area contributed by atoms with E-state index in [9.17, 15) is 14.4 Å². The molecule has 7 rings (SSSR count). The van der Waals surface area contributed by atoms with Crippen molar-refractivity contribution in [3.63, 3.8) is 0 Å². The lowest BCUT2D eigenvalue weighted by Gasteiger charge is -2.26. The van der Waals surface area contributed by atoms with E-state index in [2.05, 4.69) is 58.8 Å². The summed E-state index contributed by atoms with van der Waals surface area (Å²) in [6.45, 7) is 5.45. The third-order valence-electron chi connectivity index (χ3n) is 12.9. The Balaban J connectivity index is 0.000000206. The molecule has 0 bridgehead atoms. The maximum atomic E-state index is 12.8. The molecule has 0 aliphatic heterocycles. The van der Waals surface area contributed by atoms with Crippen LogP contribution < -0.4 is 11.1 Å². The first kappa shape index (κ1) is 37.9. The van der Waals surface area contributed by atoms with Crippen LogP contribution in [0.15, 0.2) is 60.7 Å². The van der Waals surface area contributed by atoms with E-state index in [4.69, 9.17) is 5.73 Å². The monoisotopic (exact) mass is 703 g/mol. The van der Waals surface area contributed by atoms with Gasteiger partial charge in [-0.3, -0.25) is 14.4 Å². The fraction of sp³-hybridized carbons (Fsp3) is 0.565. The number of nitrogen functional groups attached to an aromatic ring is 1. The zero-order valence-corrected chi connectivity index (χ0v) is 31.9. The van der Waals surface area contributed by atoms with E-state index in [0.717, 1.165) is 74.0 Å². The summed E-state index contributed by atoms with van der Waals surface area (Å²) in [6.07, 6.45) is 17.7. The summed E-state index contributed by atoms with van der Waals surface area (Å²) < 4.78 is 0. The third kappa shape index (κ3) is 10.2. The maximum absolute atomic E-state index is 12.8. The number of hydrogen-bond donors (Lipinski definition) is 2. The largest absolute Gasteiger partial charge is 0.384 e. The Hall–Kier alpha value is -3.80. The average molecular weight is 704 g/mol. The van der Waals surface area contributed by atoms with Crippen LogP contribution in [0.5, 0.6) is 0 Å². The highest BCUT2D eigenvalue weighted by molar-refractivity contribution is 5.89. The highest BCUT2D eigenvalue weighted by Gasteiger charge is 2.32. The van der Waals surface area contributed by atoms with E-state index in [1.54, 1.807) is 19.9 Å². The Bertz CT molecular complexity index is 1660. The number of nitrogens with zero attached hydrogens (tertiary/aromatic N) is 1. The molecule has 278 valence electrons. The fourth-order valence-electron chi connectivity index (χ4n) is 8.89. The molecule has 1 heterocycles. The molecule has 4 aliphatic rings. The predicted molar refractivity (Wildman–Crippen MR) is 210 cm³/mol. The number of amides is 1. The van der Waals surface area contributed by atoms with E-state index in [1.165, 1.54) is 67.2 Å². The van der Waals surface area contributed by atoms with E-state index in [1.807, 2.05) is 13.0 Å². The van der Waals surface area contributed by atoms with Gasteiger partial charge >= 0.3 is 0 Å². The SMILES string of the molecule is CC(=O)[C@@H]1CC[C@@H](Cc2ccc(C3CCC3)cc2)C1.Cc1nc(N)ccc1CCC(=O)[C@H](C)NC(=O)[C@@H]1CC[C@@H](Cc2ccc(C3CCC3)cc2)C1. The second-order valence-electron chi connectivity index (χ2n) is 16.7. The number of rotatable bonds is 13. The molecule has 3 aromatic rings. The van der Waals surface area contributed by atoms with Crippen LogP contribution in [0.2, 0.25) is 0 Å². The first-order chi connectivity index (χ1) is 25.1.